The van der Waals surface area contributed by atoms with Gasteiger partial charge in [0.05, 0.1) is 21.3 Å². The maximum atomic E-state index is 9.89. The second-order valence-corrected chi connectivity index (χ2v) is 16.2. The summed E-state index contributed by atoms with van der Waals surface area (Å²) in [6.07, 6.45) is 29.1. The molecule has 0 radical (unpaired) electrons. The molecule has 1 aromatic rings. The largest absolute Gasteiger partial charge is 0.513 e. The minimum Gasteiger partial charge on any atom is -0.513 e. The summed E-state index contributed by atoms with van der Waals surface area (Å²) in [4.78, 5) is 5.76. The zero-order valence-corrected chi connectivity index (χ0v) is 33.3. The van der Waals surface area contributed by atoms with Crippen molar-refractivity contribution < 1.29 is 5.11 Å². The summed E-state index contributed by atoms with van der Waals surface area (Å²) in [5.41, 5.74) is 7.54. The maximum Gasteiger partial charge on any atom is 0.0903 e. The third-order valence-electron chi connectivity index (χ3n) is 10.8. The van der Waals surface area contributed by atoms with Crippen molar-refractivity contribution in [2.24, 2.45) is 35.5 Å². The molecule has 3 heteroatoms. The lowest BCUT2D eigenvalue weighted by atomic mass is 9.68. The van der Waals surface area contributed by atoms with Crippen LogP contribution in [0.25, 0.3) is 5.57 Å². The number of unbranched alkanes of at least 4 members (excludes halogenated alkanes) is 4. The third-order valence-corrected chi connectivity index (χ3v) is 11.9. The van der Waals surface area contributed by atoms with Gasteiger partial charge in [0.25, 0.3) is 0 Å². The first-order chi connectivity index (χ1) is 22.8. The van der Waals surface area contributed by atoms with Crippen molar-refractivity contribution in [1.82, 2.24) is 4.98 Å². The van der Waals surface area contributed by atoms with E-state index in [1.807, 2.05) is 6.92 Å². The van der Waals surface area contributed by atoms with Crippen LogP contribution in [0, 0.1) is 49.4 Å². The molecule has 3 aliphatic carbocycles. The van der Waals surface area contributed by atoms with E-state index >= 15 is 0 Å². The van der Waals surface area contributed by atoms with Crippen LogP contribution in [0.4, 0.5) is 0 Å². The van der Waals surface area contributed by atoms with E-state index in [0.717, 1.165) is 41.5 Å². The van der Waals surface area contributed by atoms with Crippen LogP contribution in [0.15, 0.2) is 78.2 Å². The molecule has 0 aromatic carbocycles. The Morgan fingerprint density at radius 3 is 2.10 bits per heavy atom. The van der Waals surface area contributed by atoms with E-state index in [1.165, 1.54) is 91.4 Å². The van der Waals surface area contributed by atoms with E-state index < -0.39 is 0 Å². The molecule has 0 aliphatic heterocycles. The van der Waals surface area contributed by atoms with Crippen LogP contribution >= 0.6 is 11.3 Å². The van der Waals surface area contributed by atoms with Gasteiger partial charge in [0.15, 0.2) is 0 Å². The fourth-order valence-electron chi connectivity index (χ4n) is 7.20. The zero-order chi connectivity index (χ0) is 35.8. The van der Waals surface area contributed by atoms with Crippen LogP contribution in [-0.2, 0) is 0 Å². The molecule has 2 nitrogen and oxygen atoms in total. The van der Waals surface area contributed by atoms with Crippen LogP contribution in [-0.4, -0.2) is 10.1 Å². The minimum absolute atomic E-state index is 0.277. The van der Waals surface area contributed by atoms with Gasteiger partial charge >= 0.3 is 0 Å². The Bertz CT molecular complexity index is 1290. The van der Waals surface area contributed by atoms with Crippen molar-refractivity contribution in [3.63, 3.8) is 0 Å². The molecule has 0 amide bonds. The quantitative estimate of drug-likeness (QED) is 0.0923. The van der Waals surface area contributed by atoms with Gasteiger partial charge in [0.1, 0.15) is 0 Å². The molecule has 48 heavy (non-hydrogen) atoms. The Balaban J connectivity index is 0.000000570. The summed E-state index contributed by atoms with van der Waals surface area (Å²) in [7, 11) is 0. The zero-order valence-electron chi connectivity index (χ0n) is 32.5. The average molecular weight is 674 g/mol. The first-order valence-corrected chi connectivity index (χ1v) is 20.1. The molecule has 1 heterocycles. The number of aliphatic hydroxyl groups excluding tert-OH is 1. The Morgan fingerprint density at radius 2 is 1.60 bits per heavy atom. The minimum atomic E-state index is 0.277. The van der Waals surface area contributed by atoms with Gasteiger partial charge in [0, 0.05) is 5.92 Å². The molecule has 2 saturated carbocycles. The molecule has 1 N–H and O–H groups in total. The van der Waals surface area contributed by atoms with Crippen molar-refractivity contribution in [1.29, 1.82) is 0 Å². The second-order valence-electron chi connectivity index (χ2n) is 15.0. The Labute approximate surface area is 301 Å². The molecule has 5 unspecified atom stereocenters. The third kappa shape index (κ3) is 13.9. The van der Waals surface area contributed by atoms with Gasteiger partial charge in [-0.15, -0.1) is 17.9 Å². The average Bonchev–Trinajstić information content (AvgIpc) is 3.81. The van der Waals surface area contributed by atoms with E-state index in [-0.39, 0.29) is 5.92 Å². The van der Waals surface area contributed by atoms with Gasteiger partial charge in [-0.2, -0.15) is 0 Å². The smallest absolute Gasteiger partial charge is 0.0903 e. The van der Waals surface area contributed by atoms with Gasteiger partial charge in [-0.05, 0) is 113 Å². The second kappa shape index (κ2) is 21.6. The highest BCUT2D eigenvalue weighted by atomic mass is 32.1. The molecule has 0 bridgehead atoms. The number of nitrogens with zero attached hydrogens (tertiary/aromatic N) is 1. The highest BCUT2D eigenvalue weighted by molar-refractivity contribution is 7.12. The summed E-state index contributed by atoms with van der Waals surface area (Å²) in [5, 5.41) is 11.0. The van der Waals surface area contributed by atoms with Crippen LogP contribution in [0.1, 0.15) is 148 Å². The number of hydrogen-bond donors (Lipinski definition) is 1. The van der Waals surface area contributed by atoms with Crippen LogP contribution in [0.3, 0.4) is 0 Å². The fraction of sp³-hybridized carbons (Fsp3) is 0.622. The lowest BCUT2D eigenvalue weighted by Gasteiger charge is -2.37. The van der Waals surface area contributed by atoms with Gasteiger partial charge in [-0.3, -0.25) is 0 Å². The van der Waals surface area contributed by atoms with Gasteiger partial charge < -0.3 is 5.11 Å². The number of aliphatic hydroxyl groups is 1. The van der Waals surface area contributed by atoms with E-state index in [1.54, 1.807) is 11.3 Å². The Morgan fingerprint density at radius 1 is 0.979 bits per heavy atom. The van der Waals surface area contributed by atoms with Crippen LogP contribution in [0.5, 0.6) is 0 Å². The first-order valence-electron chi connectivity index (χ1n) is 19.2. The van der Waals surface area contributed by atoms with E-state index in [0.29, 0.717) is 29.4 Å². The molecule has 2 fully saturated rings. The fourth-order valence-corrected chi connectivity index (χ4v) is 8.07. The maximum absolute atomic E-state index is 9.89. The predicted octanol–water partition coefficient (Wildman–Crippen LogP) is 14.7. The molecule has 1 aromatic heterocycles. The molecule has 0 saturated heterocycles. The van der Waals surface area contributed by atoms with Gasteiger partial charge in [0.2, 0.25) is 0 Å². The van der Waals surface area contributed by atoms with Crippen molar-refractivity contribution in [2.45, 2.75) is 146 Å². The monoisotopic (exact) mass is 674 g/mol. The first kappa shape index (κ1) is 41.8. The Hall–Kier alpha value is -2.39. The summed E-state index contributed by atoms with van der Waals surface area (Å²) in [6, 6.07) is 0. The highest BCUT2D eigenvalue weighted by Gasteiger charge is 2.41. The molecule has 268 valence electrons. The number of allylic oxidation sites excluding steroid dienone is 11. The Kier molecular flexibility index (Phi) is 18.8. The standard InChI is InChI=1S/C33H45NOS.C7H16.C5H10/c1-20-13-16-29(18-28(20)15-14-21(2)33-24(5)34-26(7)36-33)23(4)31(27-11-9-8-10-12-27)17-22(3)30-19-32(30)25(6)35;1-3-5-7-6-4-2;1-4-5(2)3/h13-15,17-18,23,27,29-32,35H,2,6,8-12,16,19H2,1,3-5,7H3;3-7H2,1-2H3;2,4H2,1,3H3/b15-14-,22-17+;;. The molecule has 5 atom stereocenters. The lowest BCUT2D eigenvalue weighted by molar-refractivity contribution is 0.196. The molecule has 3 aliphatic rings. The molecular weight excluding hydrogens is 603 g/mol. The van der Waals surface area contributed by atoms with Crippen LogP contribution in [0.2, 0.25) is 0 Å². The highest BCUT2D eigenvalue weighted by Crippen LogP contribution is 2.49. The topological polar surface area (TPSA) is 33.1 Å². The van der Waals surface area contributed by atoms with Crippen molar-refractivity contribution in [3.05, 3.63) is 93.7 Å². The van der Waals surface area contributed by atoms with E-state index in [2.05, 4.69) is 110 Å². The number of aromatic nitrogens is 1. The number of rotatable bonds is 14. The summed E-state index contributed by atoms with van der Waals surface area (Å²) < 4.78 is 0. The molecular formula is C45H71NOS. The number of hydrogen-bond acceptors (Lipinski definition) is 3. The lowest BCUT2D eigenvalue weighted by Crippen LogP contribution is -2.28. The summed E-state index contributed by atoms with van der Waals surface area (Å²) in [5.74, 6) is 3.62. The van der Waals surface area contributed by atoms with E-state index in [9.17, 15) is 5.11 Å². The predicted molar refractivity (Wildman–Crippen MR) is 216 cm³/mol. The van der Waals surface area contributed by atoms with E-state index in [4.69, 9.17) is 0 Å². The SMILES string of the molecule is C=C(/C=C\C1=CC(C(C)C(/C=C(\C)C2CC2C(=C)O)C2CCCCC2)CC=C1C)c1sc(C)nc1C.C=C(C)CC.CCCCCCC. The summed E-state index contributed by atoms with van der Waals surface area (Å²) >= 11 is 1.73. The normalized spacial score (nSPS) is 22.4. The van der Waals surface area contributed by atoms with Crippen LogP contribution < -0.4 is 0 Å². The van der Waals surface area contributed by atoms with Crippen molar-refractivity contribution in [3.8, 4) is 0 Å². The number of thiazole rings is 1. The molecule has 0 spiro atoms. The number of aryl methyl sites for hydroxylation is 2. The van der Waals surface area contributed by atoms with Crippen molar-refractivity contribution >= 4 is 16.9 Å². The summed E-state index contributed by atoms with van der Waals surface area (Å²) in [6.45, 7) is 31.6. The molecule has 4 rings (SSSR count). The van der Waals surface area contributed by atoms with Gasteiger partial charge in [-0.1, -0.05) is 134 Å². The van der Waals surface area contributed by atoms with Crippen molar-refractivity contribution in [2.75, 3.05) is 0 Å². The van der Waals surface area contributed by atoms with Gasteiger partial charge in [-0.25, -0.2) is 4.98 Å².